The van der Waals surface area contributed by atoms with E-state index in [0.717, 1.165) is 75.0 Å². The molecule has 43 heavy (non-hydrogen) atoms. The smallest absolute Gasteiger partial charge is 0.318 e. The normalized spacial score (nSPS) is 18.1. The van der Waals surface area contributed by atoms with Crippen molar-refractivity contribution in [3.05, 3.63) is 72.3 Å². The Balaban J connectivity index is 1.44. The third-order valence-corrected chi connectivity index (χ3v) is 8.29. The molecule has 1 saturated heterocycles. The Hall–Kier alpha value is -3.48. The van der Waals surface area contributed by atoms with Gasteiger partial charge in [-0.25, -0.2) is 4.79 Å². The van der Waals surface area contributed by atoms with Gasteiger partial charge in [-0.15, -0.1) is 0 Å². The van der Waals surface area contributed by atoms with Crippen molar-refractivity contribution in [1.82, 2.24) is 15.5 Å². The van der Waals surface area contributed by atoms with Crippen molar-refractivity contribution in [2.24, 2.45) is 5.92 Å². The van der Waals surface area contributed by atoms with Gasteiger partial charge >= 0.3 is 6.03 Å². The van der Waals surface area contributed by atoms with Gasteiger partial charge in [0, 0.05) is 31.4 Å². The molecule has 234 valence electrons. The minimum absolute atomic E-state index is 0.120. The van der Waals surface area contributed by atoms with Gasteiger partial charge in [0.1, 0.15) is 18.4 Å². The van der Waals surface area contributed by atoms with Crippen LogP contribution in [0.25, 0.3) is 0 Å². The molecule has 4 rings (SSSR count). The van der Waals surface area contributed by atoms with Crippen molar-refractivity contribution in [1.29, 1.82) is 0 Å². The van der Waals surface area contributed by atoms with Gasteiger partial charge in [-0.1, -0.05) is 69.2 Å². The van der Waals surface area contributed by atoms with Gasteiger partial charge in [-0.2, -0.15) is 0 Å². The number of anilines is 1. The summed E-state index contributed by atoms with van der Waals surface area (Å²) in [6.45, 7) is 11.0. The molecule has 0 aromatic heterocycles. The summed E-state index contributed by atoms with van der Waals surface area (Å²) in [5, 5.41) is 6.39. The van der Waals surface area contributed by atoms with Crippen molar-refractivity contribution in [2.45, 2.75) is 103 Å². The fourth-order valence-corrected chi connectivity index (χ4v) is 6.03. The number of likely N-dealkylation sites (tertiary alicyclic amines) is 1. The number of allylic oxidation sites excluding steroid dienone is 1. The standard InChI is InChI=1S/C36H52N4O3/c1-28(2)25-33(37-35(42)39-23-13-5-6-14-24-39)34(41)38-36(3,4)27-40(30-17-11-8-12-18-30)31-19-21-32(22-20-31)43-26-29-15-9-7-10-16-29/h7,9-11,15-17,19-22,28,30,33H,5-6,8,12-14,18,23-27H2,1-4H3,(H,37,42)(H,38,41)/t30-,33?/m1/s1. The summed E-state index contributed by atoms with van der Waals surface area (Å²) in [5.41, 5.74) is 1.70. The first kappa shape index (κ1) is 32.4. The third-order valence-electron chi connectivity index (χ3n) is 8.29. The lowest BCUT2D eigenvalue weighted by Gasteiger charge is -2.40. The number of urea groups is 1. The second kappa shape index (κ2) is 15.8. The van der Waals surface area contributed by atoms with Crippen molar-refractivity contribution in [3.63, 3.8) is 0 Å². The van der Waals surface area contributed by atoms with Crippen LogP contribution in [-0.4, -0.2) is 54.1 Å². The van der Waals surface area contributed by atoms with E-state index in [1.165, 1.54) is 0 Å². The van der Waals surface area contributed by atoms with Crippen LogP contribution < -0.4 is 20.3 Å². The number of hydrogen-bond donors (Lipinski definition) is 2. The fourth-order valence-electron chi connectivity index (χ4n) is 6.03. The SMILES string of the molecule is CC(C)CC(NC(=O)N1CCCCCC1)C(=O)NC(C)(C)CN(c1ccc(OCc2ccccc2)cc1)[C@@H]1C=CCCC1. The van der Waals surface area contributed by atoms with Crippen LogP contribution in [0.3, 0.4) is 0 Å². The van der Waals surface area contributed by atoms with Crippen molar-refractivity contribution < 1.29 is 14.3 Å². The number of nitrogens with zero attached hydrogens (tertiary/aromatic N) is 2. The van der Waals surface area contributed by atoms with E-state index in [-0.39, 0.29) is 23.9 Å². The van der Waals surface area contributed by atoms with Crippen LogP contribution >= 0.6 is 0 Å². The molecule has 7 heteroatoms. The quantitative estimate of drug-likeness (QED) is 0.260. The molecule has 2 aromatic carbocycles. The average molecular weight is 589 g/mol. The Kier molecular flexibility index (Phi) is 11.9. The van der Waals surface area contributed by atoms with Crippen LogP contribution in [0.2, 0.25) is 0 Å². The Morgan fingerprint density at radius 3 is 2.30 bits per heavy atom. The Bertz CT molecular complexity index is 1170. The molecule has 0 spiro atoms. The first-order chi connectivity index (χ1) is 20.7. The Labute approximate surface area is 259 Å². The highest BCUT2D eigenvalue weighted by atomic mass is 16.5. The van der Waals surface area contributed by atoms with Crippen LogP contribution in [0.5, 0.6) is 5.75 Å². The topological polar surface area (TPSA) is 73.9 Å². The van der Waals surface area contributed by atoms with E-state index in [1.807, 2.05) is 35.2 Å². The lowest BCUT2D eigenvalue weighted by atomic mass is 9.96. The van der Waals surface area contributed by atoms with Gasteiger partial charge in [0.2, 0.25) is 5.91 Å². The number of ether oxygens (including phenoxy) is 1. The number of carbonyl (C=O) groups excluding carboxylic acids is 2. The highest BCUT2D eigenvalue weighted by molar-refractivity contribution is 5.87. The van der Waals surface area contributed by atoms with Crippen LogP contribution in [0.15, 0.2) is 66.7 Å². The molecular formula is C36H52N4O3. The van der Waals surface area contributed by atoms with Gasteiger partial charge in [-0.05, 0) is 88.1 Å². The maximum absolute atomic E-state index is 13.7. The second-order valence-electron chi connectivity index (χ2n) is 13.2. The second-order valence-corrected chi connectivity index (χ2v) is 13.2. The molecule has 1 heterocycles. The van der Waals surface area contributed by atoms with E-state index in [9.17, 15) is 9.59 Å². The van der Waals surface area contributed by atoms with E-state index in [0.29, 0.717) is 19.6 Å². The molecule has 1 fully saturated rings. The van der Waals surface area contributed by atoms with E-state index in [4.69, 9.17) is 4.74 Å². The molecule has 2 aromatic rings. The van der Waals surface area contributed by atoms with E-state index < -0.39 is 11.6 Å². The van der Waals surface area contributed by atoms with Crippen LogP contribution in [0.4, 0.5) is 10.5 Å². The summed E-state index contributed by atoms with van der Waals surface area (Å²) >= 11 is 0. The molecule has 1 aliphatic heterocycles. The molecule has 0 radical (unpaired) electrons. The lowest BCUT2D eigenvalue weighted by Crippen LogP contribution is -2.59. The number of amides is 3. The highest BCUT2D eigenvalue weighted by Gasteiger charge is 2.32. The van der Waals surface area contributed by atoms with E-state index >= 15 is 0 Å². The number of benzene rings is 2. The first-order valence-corrected chi connectivity index (χ1v) is 16.3. The minimum Gasteiger partial charge on any atom is -0.489 e. The fraction of sp³-hybridized carbons (Fsp3) is 0.556. The molecule has 1 aliphatic carbocycles. The molecule has 2 aliphatic rings. The number of rotatable bonds is 12. The third kappa shape index (κ3) is 10.3. The predicted molar refractivity (Wildman–Crippen MR) is 175 cm³/mol. The summed E-state index contributed by atoms with van der Waals surface area (Å²) in [7, 11) is 0. The van der Waals surface area contributed by atoms with Gasteiger partial charge in [-0.3, -0.25) is 4.79 Å². The van der Waals surface area contributed by atoms with Gasteiger partial charge in [0.15, 0.2) is 0 Å². The zero-order chi connectivity index (χ0) is 30.7. The maximum atomic E-state index is 13.7. The monoisotopic (exact) mass is 588 g/mol. The van der Waals surface area contributed by atoms with E-state index in [2.05, 4.69) is 79.6 Å². The summed E-state index contributed by atoms with van der Waals surface area (Å²) in [6, 6.07) is 18.0. The first-order valence-electron chi connectivity index (χ1n) is 16.3. The molecule has 2 atom stereocenters. The average Bonchev–Trinajstić information content (AvgIpc) is 3.29. The Morgan fingerprint density at radius 2 is 1.67 bits per heavy atom. The molecule has 0 saturated carbocycles. The van der Waals surface area contributed by atoms with Crippen molar-refractivity contribution in [3.8, 4) is 5.75 Å². The van der Waals surface area contributed by atoms with Crippen LogP contribution in [0.1, 0.15) is 84.6 Å². The zero-order valence-corrected chi connectivity index (χ0v) is 26.7. The summed E-state index contributed by atoms with van der Waals surface area (Å²) in [4.78, 5) is 31.1. The largest absolute Gasteiger partial charge is 0.489 e. The van der Waals surface area contributed by atoms with Crippen LogP contribution in [0, 0.1) is 5.92 Å². The number of hydrogen-bond acceptors (Lipinski definition) is 4. The molecule has 7 nitrogen and oxygen atoms in total. The summed E-state index contributed by atoms with van der Waals surface area (Å²) in [6.07, 6.45) is 12.8. The zero-order valence-electron chi connectivity index (χ0n) is 26.7. The Morgan fingerprint density at radius 1 is 0.977 bits per heavy atom. The van der Waals surface area contributed by atoms with E-state index in [1.54, 1.807) is 0 Å². The molecule has 0 bridgehead atoms. The van der Waals surface area contributed by atoms with Crippen molar-refractivity contribution in [2.75, 3.05) is 24.5 Å². The molecule has 2 N–H and O–H groups in total. The lowest BCUT2D eigenvalue weighted by molar-refractivity contribution is -0.124. The molecule has 1 unspecified atom stereocenters. The summed E-state index contributed by atoms with van der Waals surface area (Å²) in [5.74, 6) is 0.983. The maximum Gasteiger partial charge on any atom is 0.318 e. The predicted octanol–water partition coefficient (Wildman–Crippen LogP) is 7.08. The summed E-state index contributed by atoms with van der Waals surface area (Å²) < 4.78 is 6.04. The minimum atomic E-state index is -0.570. The van der Waals surface area contributed by atoms with Crippen LogP contribution in [-0.2, 0) is 11.4 Å². The van der Waals surface area contributed by atoms with Gasteiger partial charge in [0.25, 0.3) is 0 Å². The van der Waals surface area contributed by atoms with Gasteiger partial charge in [0.05, 0.1) is 5.54 Å². The number of nitrogens with one attached hydrogen (secondary N) is 2. The number of carbonyl (C=O) groups is 2. The highest BCUT2D eigenvalue weighted by Crippen LogP contribution is 2.28. The van der Waals surface area contributed by atoms with Gasteiger partial charge < -0.3 is 25.2 Å². The molecule has 3 amide bonds. The van der Waals surface area contributed by atoms with Crippen molar-refractivity contribution >= 4 is 17.6 Å². The molecular weight excluding hydrogens is 536 g/mol.